The predicted molar refractivity (Wildman–Crippen MR) is 110 cm³/mol. The predicted octanol–water partition coefficient (Wildman–Crippen LogP) is 1.28. The number of hydrogen-bond donors (Lipinski definition) is 5. The molecular formula is C23H27F3O7. The molecule has 1 fully saturated rings. The molecule has 2 aromatic rings. The summed E-state index contributed by atoms with van der Waals surface area (Å²) in [6, 6.07) is 8.64. The minimum absolute atomic E-state index is 0.00431. The van der Waals surface area contributed by atoms with Crippen LogP contribution in [-0.4, -0.2) is 68.8 Å². The summed E-state index contributed by atoms with van der Waals surface area (Å²) in [6.45, 7) is 0.826. The minimum atomic E-state index is -2.49. The van der Waals surface area contributed by atoms with Crippen molar-refractivity contribution in [1.82, 2.24) is 0 Å². The van der Waals surface area contributed by atoms with Crippen LogP contribution in [0.25, 0.3) is 0 Å². The quantitative estimate of drug-likeness (QED) is 0.393. The number of rotatable bonds is 8. The van der Waals surface area contributed by atoms with Gasteiger partial charge in [0, 0.05) is 18.4 Å². The molecule has 0 spiro atoms. The van der Waals surface area contributed by atoms with Gasteiger partial charge in [-0.1, -0.05) is 24.3 Å². The fourth-order valence-corrected chi connectivity index (χ4v) is 3.70. The molecule has 0 bridgehead atoms. The summed E-state index contributed by atoms with van der Waals surface area (Å²) in [4.78, 5) is 0. The Bertz CT molecular complexity index is 923. The zero-order valence-corrected chi connectivity index (χ0v) is 17.8. The van der Waals surface area contributed by atoms with Crippen molar-refractivity contribution in [2.24, 2.45) is 0 Å². The Morgan fingerprint density at radius 2 is 1.61 bits per heavy atom. The summed E-state index contributed by atoms with van der Waals surface area (Å²) in [5.74, 6) is -0.807. The van der Waals surface area contributed by atoms with Crippen molar-refractivity contribution in [2.75, 3.05) is 0 Å². The second-order valence-corrected chi connectivity index (χ2v) is 8.10. The molecule has 0 amide bonds. The maximum Gasteiger partial charge on any atom is 0.242 e. The summed E-state index contributed by atoms with van der Waals surface area (Å²) in [7, 11) is 0. The number of ether oxygens (including phenoxy) is 2. The fraction of sp³-hybridized carbons (Fsp3) is 0.478. The molecule has 0 unspecified atom stereocenters. The summed E-state index contributed by atoms with van der Waals surface area (Å²) < 4.78 is 51.1. The first kappa shape index (κ1) is 25.4. The third-order valence-electron chi connectivity index (χ3n) is 5.52. The highest BCUT2D eigenvalue weighted by Crippen LogP contribution is 2.31. The molecular weight excluding hydrogens is 445 g/mol. The molecule has 1 saturated heterocycles. The number of halogens is 3. The lowest BCUT2D eigenvalue weighted by Gasteiger charge is -2.41. The molecule has 182 valence electrons. The Morgan fingerprint density at radius 1 is 0.970 bits per heavy atom. The summed E-state index contributed by atoms with van der Waals surface area (Å²) >= 11 is 0. The highest BCUT2D eigenvalue weighted by molar-refractivity contribution is 5.42. The van der Waals surface area contributed by atoms with Gasteiger partial charge in [-0.3, -0.25) is 0 Å². The zero-order chi connectivity index (χ0) is 24.3. The molecule has 5 N–H and O–H groups in total. The molecule has 0 radical (unpaired) electrons. The van der Waals surface area contributed by atoms with Crippen LogP contribution < -0.4 is 4.74 Å². The lowest BCUT2D eigenvalue weighted by atomic mass is 9.96. The van der Waals surface area contributed by atoms with Gasteiger partial charge < -0.3 is 35.0 Å². The normalized spacial score (nSPS) is 26.4. The van der Waals surface area contributed by atoms with Crippen molar-refractivity contribution in [3.63, 3.8) is 0 Å². The monoisotopic (exact) mass is 472 g/mol. The van der Waals surface area contributed by atoms with Crippen LogP contribution in [0.4, 0.5) is 13.2 Å². The van der Waals surface area contributed by atoms with Crippen LogP contribution in [-0.2, 0) is 24.2 Å². The maximum absolute atomic E-state index is 14.9. The van der Waals surface area contributed by atoms with Crippen molar-refractivity contribution in [3.05, 3.63) is 64.5 Å². The third-order valence-corrected chi connectivity index (χ3v) is 5.52. The standard InChI is InChI=1S/C23H27F3O7/c1-11(28)22-20(30)19(29)21(31)23(33-22)32-17-8-14(10-27)7-16(24)15(17)6-12-2-4-13(5-3-12)9-18(25)26/h2-5,7-8,11,18-23,27-31H,6,9-10H2,1H3/t11-,19+,20+,21-,22-,23-/m1/s1. The lowest BCUT2D eigenvalue weighted by molar-refractivity contribution is -0.286. The summed E-state index contributed by atoms with van der Waals surface area (Å²) in [5.41, 5.74) is 1.24. The van der Waals surface area contributed by atoms with Crippen LogP contribution in [0, 0.1) is 5.82 Å². The molecule has 7 nitrogen and oxygen atoms in total. The number of alkyl halides is 2. The van der Waals surface area contributed by atoms with E-state index >= 15 is 0 Å². The summed E-state index contributed by atoms with van der Waals surface area (Å²) in [5, 5.41) is 49.7. The number of hydrogen-bond acceptors (Lipinski definition) is 7. The first-order valence-corrected chi connectivity index (χ1v) is 10.4. The fourth-order valence-electron chi connectivity index (χ4n) is 3.70. The van der Waals surface area contributed by atoms with Gasteiger partial charge in [0.1, 0.15) is 36.0 Å². The second-order valence-electron chi connectivity index (χ2n) is 8.10. The van der Waals surface area contributed by atoms with Crippen molar-refractivity contribution in [3.8, 4) is 5.75 Å². The minimum Gasteiger partial charge on any atom is -0.462 e. The van der Waals surface area contributed by atoms with Crippen LogP contribution in [0.3, 0.4) is 0 Å². The van der Waals surface area contributed by atoms with Gasteiger partial charge in [-0.15, -0.1) is 0 Å². The molecule has 6 atom stereocenters. The van der Waals surface area contributed by atoms with Crippen molar-refractivity contribution < 1.29 is 48.2 Å². The Kier molecular flexibility index (Phi) is 8.33. The molecule has 1 aliphatic heterocycles. The smallest absolute Gasteiger partial charge is 0.242 e. The Balaban J connectivity index is 1.89. The zero-order valence-electron chi connectivity index (χ0n) is 17.8. The molecule has 2 aromatic carbocycles. The molecule has 1 aliphatic rings. The van der Waals surface area contributed by atoms with Gasteiger partial charge in [-0.2, -0.15) is 0 Å². The van der Waals surface area contributed by atoms with Crippen LogP contribution in [0.2, 0.25) is 0 Å². The first-order chi connectivity index (χ1) is 15.6. The van der Waals surface area contributed by atoms with Crippen LogP contribution in [0.5, 0.6) is 5.75 Å². The molecule has 3 rings (SSSR count). The van der Waals surface area contributed by atoms with Crippen LogP contribution >= 0.6 is 0 Å². The van der Waals surface area contributed by atoms with E-state index in [0.717, 1.165) is 6.07 Å². The van der Waals surface area contributed by atoms with Gasteiger partial charge in [0.25, 0.3) is 0 Å². The Morgan fingerprint density at radius 3 is 2.18 bits per heavy atom. The van der Waals surface area contributed by atoms with Gasteiger partial charge in [-0.25, -0.2) is 13.2 Å². The van der Waals surface area contributed by atoms with E-state index in [0.29, 0.717) is 11.1 Å². The van der Waals surface area contributed by atoms with Gasteiger partial charge in [-0.05, 0) is 35.7 Å². The molecule has 0 aliphatic carbocycles. The van der Waals surface area contributed by atoms with Gasteiger partial charge in [0.15, 0.2) is 0 Å². The lowest BCUT2D eigenvalue weighted by Crippen LogP contribution is -2.61. The second kappa shape index (κ2) is 10.8. The van der Waals surface area contributed by atoms with E-state index in [2.05, 4.69) is 0 Å². The number of aliphatic hydroxyl groups is 5. The molecule has 10 heteroatoms. The van der Waals surface area contributed by atoms with Gasteiger partial charge >= 0.3 is 0 Å². The molecule has 0 aromatic heterocycles. The average molecular weight is 472 g/mol. The van der Waals surface area contributed by atoms with Crippen molar-refractivity contribution in [2.45, 2.75) is 69.6 Å². The number of aliphatic hydroxyl groups excluding tert-OH is 5. The first-order valence-electron chi connectivity index (χ1n) is 10.4. The highest BCUT2D eigenvalue weighted by atomic mass is 19.3. The maximum atomic E-state index is 14.9. The largest absolute Gasteiger partial charge is 0.462 e. The summed E-state index contributed by atoms with van der Waals surface area (Å²) in [6.07, 6.45) is -11.9. The SMILES string of the molecule is C[C@@H](O)[C@H]1O[C@@H](Oc2cc(CO)cc(F)c2Cc2ccc(CC(F)F)cc2)[C@H](O)[C@@H](O)[C@@H]1O. The molecule has 0 saturated carbocycles. The van der Waals surface area contributed by atoms with E-state index in [-0.39, 0.29) is 23.3 Å². The average Bonchev–Trinajstić information content (AvgIpc) is 2.76. The Hall–Kier alpha value is -2.21. The Labute approximate surface area is 188 Å². The van der Waals surface area contributed by atoms with Crippen LogP contribution in [0.15, 0.2) is 36.4 Å². The van der Waals surface area contributed by atoms with E-state index in [1.807, 2.05) is 0 Å². The van der Waals surface area contributed by atoms with E-state index in [4.69, 9.17) is 9.47 Å². The molecule has 1 heterocycles. The van der Waals surface area contributed by atoms with Gasteiger partial charge in [0.05, 0.1) is 12.7 Å². The van der Waals surface area contributed by atoms with E-state index in [1.54, 1.807) is 12.1 Å². The van der Waals surface area contributed by atoms with Gasteiger partial charge in [0.2, 0.25) is 12.7 Å². The highest BCUT2D eigenvalue weighted by Gasteiger charge is 2.46. The number of benzene rings is 2. The van der Waals surface area contributed by atoms with Crippen LogP contribution in [0.1, 0.15) is 29.2 Å². The third kappa shape index (κ3) is 6.03. The van der Waals surface area contributed by atoms with Crippen molar-refractivity contribution >= 4 is 0 Å². The van der Waals surface area contributed by atoms with E-state index < -0.39 is 62.1 Å². The van der Waals surface area contributed by atoms with E-state index in [9.17, 15) is 38.7 Å². The van der Waals surface area contributed by atoms with E-state index in [1.165, 1.54) is 25.1 Å². The molecule has 33 heavy (non-hydrogen) atoms. The topological polar surface area (TPSA) is 120 Å². The van der Waals surface area contributed by atoms with Crippen molar-refractivity contribution in [1.29, 1.82) is 0 Å².